The summed E-state index contributed by atoms with van der Waals surface area (Å²) < 4.78 is 0. The minimum atomic E-state index is 0.418. The molecule has 19 heavy (non-hydrogen) atoms. The summed E-state index contributed by atoms with van der Waals surface area (Å²) in [6.07, 6.45) is 2.10. The van der Waals surface area contributed by atoms with Crippen LogP contribution in [0.2, 0.25) is 5.02 Å². The first-order valence-electron chi connectivity index (χ1n) is 6.62. The third kappa shape index (κ3) is 3.84. The van der Waals surface area contributed by atoms with Gasteiger partial charge in [0.05, 0.1) is 0 Å². The molecule has 1 unspecified atom stereocenters. The Kier molecular flexibility index (Phi) is 5.47. The van der Waals surface area contributed by atoms with Crippen molar-refractivity contribution in [3.05, 3.63) is 70.2 Å². The molecule has 0 spiro atoms. The van der Waals surface area contributed by atoms with Crippen molar-refractivity contribution in [3.8, 4) is 0 Å². The van der Waals surface area contributed by atoms with Gasteiger partial charge in [-0.3, -0.25) is 0 Å². The monoisotopic (exact) mass is 336 g/mol. The molecule has 0 amide bonds. The van der Waals surface area contributed by atoms with Gasteiger partial charge in [-0.2, -0.15) is 0 Å². The highest BCUT2D eigenvalue weighted by molar-refractivity contribution is 9.09. The summed E-state index contributed by atoms with van der Waals surface area (Å²) in [5.41, 5.74) is 3.97. The average molecular weight is 338 g/mol. The maximum Gasteiger partial charge on any atom is 0.0441 e. The van der Waals surface area contributed by atoms with Crippen molar-refractivity contribution in [1.29, 1.82) is 0 Å². The molecule has 0 N–H and O–H groups in total. The predicted octanol–water partition coefficient (Wildman–Crippen LogP) is 5.62. The van der Waals surface area contributed by atoms with Gasteiger partial charge in [0, 0.05) is 10.4 Å². The van der Waals surface area contributed by atoms with Crippen molar-refractivity contribution < 1.29 is 0 Å². The molecule has 2 aromatic carbocycles. The van der Waals surface area contributed by atoms with Crippen molar-refractivity contribution in [2.24, 2.45) is 0 Å². The molecule has 0 saturated heterocycles. The van der Waals surface area contributed by atoms with E-state index < -0.39 is 0 Å². The van der Waals surface area contributed by atoms with Gasteiger partial charge in [0.1, 0.15) is 0 Å². The summed E-state index contributed by atoms with van der Waals surface area (Å²) in [5, 5.41) is 1.78. The second-order valence-corrected chi connectivity index (χ2v) is 5.80. The van der Waals surface area contributed by atoms with Gasteiger partial charge in [-0.1, -0.05) is 76.9 Å². The van der Waals surface area contributed by atoms with Gasteiger partial charge in [0.2, 0.25) is 0 Å². The molecule has 0 heterocycles. The van der Waals surface area contributed by atoms with Crippen LogP contribution in [0.3, 0.4) is 0 Å². The molecule has 0 radical (unpaired) electrons. The number of rotatable bonds is 5. The molecule has 0 aliphatic rings. The molecule has 0 nitrogen and oxygen atoms in total. The van der Waals surface area contributed by atoms with Gasteiger partial charge < -0.3 is 0 Å². The Hall–Kier alpha value is -0.790. The van der Waals surface area contributed by atoms with Crippen LogP contribution in [0.25, 0.3) is 0 Å². The van der Waals surface area contributed by atoms with E-state index in [0.717, 1.165) is 23.2 Å². The highest BCUT2D eigenvalue weighted by Gasteiger charge is 2.13. The van der Waals surface area contributed by atoms with Crippen LogP contribution in [-0.4, -0.2) is 5.33 Å². The predicted molar refractivity (Wildman–Crippen MR) is 87.5 cm³/mol. The fourth-order valence-corrected chi connectivity index (χ4v) is 3.12. The lowest BCUT2D eigenvalue weighted by Gasteiger charge is -2.16. The number of hydrogen-bond donors (Lipinski definition) is 0. The topological polar surface area (TPSA) is 0 Å². The standard InChI is InChI=1S/C17H18BrCl/c1-2-13-7-9-14(10-8-13)11-15(12-18)16-5-3-4-6-17(16)19/h3-10,15H,2,11-12H2,1H3. The van der Waals surface area contributed by atoms with E-state index in [0.29, 0.717) is 5.92 Å². The number of aryl methyl sites for hydroxylation is 1. The van der Waals surface area contributed by atoms with Gasteiger partial charge in [-0.25, -0.2) is 0 Å². The summed E-state index contributed by atoms with van der Waals surface area (Å²) in [7, 11) is 0. The van der Waals surface area contributed by atoms with Gasteiger partial charge in [-0.15, -0.1) is 0 Å². The van der Waals surface area contributed by atoms with Crippen molar-refractivity contribution in [2.45, 2.75) is 25.7 Å². The lowest BCUT2D eigenvalue weighted by atomic mass is 9.93. The van der Waals surface area contributed by atoms with Gasteiger partial charge in [0.15, 0.2) is 0 Å². The molecule has 0 bridgehead atoms. The second kappa shape index (κ2) is 7.12. The van der Waals surface area contributed by atoms with E-state index in [-0.39, 0.29) is 0 Å². The van der Waals surface area contributed by atoms with E-state index in [2.05, 4.69) is 59.3 Å². The zero-order valence-electron chi connectivity index (χ0n) is 11.1. The van der Waals surface area contributed by atoms with Crippen LogP contribution in [0.4, 0.5) is 0 Å². The Morgan fingerprint density at radius 2 is 1.63 bits per heavy atom. The Labute approximate surface area is 128 Å². The summed E-state index contributed by atoms with van der Waals surface area (Å²) in [6, 6.07) is 17.0. The first-order chi connectivity index (χ1) is 9.24. The van der Waals surface area contributed by atoms with Crippen LogP contribution in [0, 0.1) is 0 Å². The fraction of sp³-hybridized carbons (Fsp3) is 0.294. The third-order valence-corrected chi connectivity index (χ3v) is 4.57. The summed E-state index contributed by atoms with van der Waals surface area (Å²) in [4.78, 5) is 0. The van der Waals surface area contributed by atoms with Crippen LogP contribution < -0.4 is 0 Å². The van der Waals surface area contributed by atoms with Crippen molar-refractivity contribution in [3.63, 3.8) is 0 Å². The molecule has 0 aliphatic heterocycles. The normalized spacial score (nSPS) is 12.4. The average Bonchev–Trinajstić information content (AvgIpc) is 2.46. The number of halogens is 2. The van der Waals surface area contributed by atoms with E-state index in [9.17, 15) is 0 Å². The molecule has 0 aliphatic carbocycles. The molecule has 0 saturated carbocycles. The Morgan fingerprint density at radius 1 is 1.00 bits per heavy atom. The fourth-order valence-electron chi connectivity index (χ4n) is 2.25. The van der Waals surface area contributed by atoms with Gasteiger partial charge in [0.25, 0.3) is 0 Å². The van der Waals surface area contributed by atoms with Gasteiger partial charge >= 0.3 is 0 Å². The lowest BCUT2D eigenvalue weighted by molar-refractivity contribution is 0.775. The van der Waals surface area contributed by atoms with Gasteiger partial charge in [-0.05, 0) is 41.5 Å². The minimum Gasteiger partial charge on any atom is -0.0921 e. The summed E-state index contributed by atoms with van der Waals surface area (Å²) in [5.74, 6) is 0.418. The van der Waals surface area contributed by atoms with E-state index in [1.165, 1.54) is 16.7 Å². The number of alkyl halides is 1. The first kappa shape index (κ1) is 14.6. The maximum atomic E-state index is 6.29. The Morgan fingerprint density at radius 3 is 2.21 bits per heavy atom. The molecular formula is C17H18BrCl. The Balaban J connectivity index is 2.17. The van der Waals surface area contributed by atoms with Crippen LogP contribution >= 0.6 is 27.5 Å². The SMILES string of the molecule is CCc1ccc(CC(CBr)c2ccccc2Cl)cc1. The quantitative estimate of drug-likeness (QED) is 0.621. The van der Waals surface area contributed by atoms with Crippen LogP contribution in [0.1, 0.15) is 29.5 Å². The molecular weight excluding hydrogens is 320 g/mol. The highest BCUT2D eigenvalue weighted by atomic mass is 79.9. The first-order valence-corrected chi connectivity index (χ1v) is 8.12. The molecule has 2 aromatic rings. The molecule has 2 rings (SSSR count). The van der Waals surface area contributed by atoms with Crippen molar-refractivity contribution in [2.75, 3.05) is 5.33 Å². The van der Waals surface area contributed by atoms with Crippen LogP contribution in [0.5, 0.6) is 0 Å². The van der Waals surface area contributed by atoms with Crippen LogP contribution in [-0.2, 0) is 12.8 Å². The van der Waals surface area contributed by atoms with E-state index in [1.807, 2.05) is 12.1 Å². The van der Waals surface area contributed by atoms with Crippen LogP contribution in [0.15, 0.2) is 48.5 Å². The van der Waals surface area contributed by atoms with E-state index >= 15 is 0 Å². The smallest absolute Gasteiger partial charge is 0.0441 e. The zero-order chi connectivity index (χ0) is 13.7. The number of hydrogen-bond acceptors (Lipinski definition) is 0. The lowest BCUT2D eigenvalue weighted by Crippen LogP contribution is -2.05. The van der Waals surface area contributed by atoms with E-state index in [1.54, 1.807) is 0 Å². The molecule has 2 heteroatoms. The maximum absolute atomic E-state index is 6.29. The highest BCUT2D eigenvalue weighted by Crippen LogP contribution is 2.29. The second-order valence-electron chi connectivity index (χ2n) is 4.75. The van der Waals surface area contributed by atoms with Crippen molar-refractivity contribution in [1.82, 2.24) is 0 Å². The largest absolute Gasteiger partial charge is 0.0921 e. The molecule has 0 aromatic heterocycles. The molecule has 100 valence electrons. The zero-order valence-corrected chi connectivity index (χ0v) is 13.4. The van der Waals surface area contributed by atoms with Crippen molar-refractivity contribution >= 4 is 27.5 Å². The third-order valence-electron chi connectivity index (χ3n) is 3.44. The Bertz CT molecular complexity index is 519. The van der Waals surface area contributed by atoms with E-state index in [4.69, 9.17) is 11.6 Å². The summed E-state index contributed by atoms with van der Waals surface area (Å²) >= 11 is 9.90. The molecule has 1 atom stereocenters. The molecule has 0 fully saturated rings. The number of benzene rings is 2. The summed E-state index contributed by atoms with van der Waals surface area (Å²) in [6.45, 7) is 2.18. The minimum absolute atomic E-state index is 0.418.